The highest BCUT2D eigenvalue weighted by Crippen LogP contribution is 2.31. The quantitative estimate of drug-likeness (QED) is 0.0518. The maximum absolute atomic E-state index is 14.2. The van der Waals surface area contributed by atoms with Crippen molar-refractivity contribution < 1.29 is 51.4 Å². The SMILES string of the molecule is CCOC(=O)[C@H](CCS(C)(=O)=O)C[C@H](CB(C)O)Cc1ccc(-c2cc(Cl)ccc2F)cc1.CCOC(=O)[C@H](CO)C[C@H](CB(C)O)Cc1ccc(-c2cc(Cl)ccc2F)cc1. The van der Waals surface area contributed by atoms with Crippen molar-refractivity contribution in [2.45, 2.75) is 72.2 Å². The number of carbonyl (C=O) groups excluding carboxylic acids is 2. The Labute approximate surface area is 376 Å². The van der Waals surface area contributed by atoms with E-state index in [0.717, 1.165) is 22.9 Å². The summed E-state index contributed by atoms with van der Waals surface area (Å²) in [6, 6.07) is 23.7. The van der Waals surface area contributed by atoms with Crippen LogP contribution in [0.3, 0.4) is 0 Å². The van der Waals surface area contributed by atoms with E-state index in [1.54, 1.807) is 39.6 Å². The van der Waals surface area contributed by atoms with E-state index < -0.39 is 47.4 Å². The van der Waals surface area contributed by atoms with Gasteiger partial charge in [0.15, 0.2) is 0 Å². The van der Waals surface area contributed by atoms with Gasteiger partial charge in [-0.15, -0.1) is 0 Å². The van der Waals surface area contributed by atoms with Crippen molar-refractivity contribution in [3.05, 3.63) is 118 Å². The zero-order valence-corrected chi connectivity index (χ0v) is 38.4. The number of rotatable bonds is 22. The van der Waals surface area contributed by atoms with E-state index >= 15 is 0 Å². The van der Waals surface area contributed by atoms with Crippen molar-refractivity contribution in [3.8, 4) is 22.3 Å². The van der Waals surface area contributed by atoms with E-state index in [9.17, 15) is 41.9 Å². The molecule has 4 rings (SSSR count). The van der Waals surface area contributed by atoms with Gasteiger partial charge < -0.3 is 24.6 Å². The maximum atomic E-state index is 14.2. The third-order valence-electron chi connectivity index (χ3n) is 10.3. The second kappa shape index (κ2) is 26.1. The third-order valence-corrected chi connectivity index (χ3v) is 11.8. The summed E-state index contributed by atoms with van der Waals surface area (Å²) in [4.78, 5) is 24.5. The fraction of sp³-hybridized carbons (Fsp3) is 0.435. The van der Waals surface area contributed by atoms with Gasteiger partial charge in [0.2, 0.25) is 0 Å². The van der Waals surface area contributed by atoms with Crippen molar-refractivity contribution in [3.63, 3.8) is 0 Å². The molecule has 0 bridgehead atoms. The molecular weight excluding hydrogens is 859 g/mol. The average molecular weight is 918 g/mol. The van der Waals surface area contributed by atoms with Crippen molar-refractivity contribution >= 4 is 58.8 Å². The maximum Gasteiger partial charge on any atom is 0.311 e. The number of aliphatic hydroxyl groups excluding tert-OH is 1. The summed E-state index contributed by atoms with van der Waals surface area (Å²) in [7, 11) is -3.22. The normalized spacial score (nSPS) is 13.2. The Morgan fingerprint density at radius 2 is 1.06 bits per heavy atom. The van der Waals surface area contributed by atoms with E-state index in [0.29, 0.717) is 65.1 Å². The highest BCUT2D eigenvalue weighted by molar-refractivity contribution is 7.90. The van der Waals surface area contributed by atoms with Gasteiger partial charge in [0, 0.05) is 27.4 Å². The second-order valence-electron chi connectivity index (χ2n) is 15.9. The summed E-state index contributed by atoms with van der Waals surface area (Å²) in [5, 5.41) is 30.3. The van der Waals surface area contributed by atoms with Crippen LogP contribution >= 0.6 is 23.2 Å². The number of hydrogen-bond acceptors (Lipinski definition) is 9. The molecule has 16 heteroatoms. The summed E-state index contributed by atoms with van der Waals surface area (Å²) in [5.41, 5.74) is 4.24. The summed E-state index contributed by atoms with van der Waals surface area (Å²) >= 11 is 12.0. The van der Waals surface area contributed by atoms with Crippen LogP contribution in [0.5, 0.6) is 0 Å². The first-order chi connectivity index (χ1) is 29.3. The Kier molecular flexibility index (Phi) is 22.1. The lowest BCUT2D eigenvalue weighted by Gasteiger charge is -2.23. The molecule has 4 atom stereocenters. The van der Waals surface area contributed by atoms with Crippen LogP contribution in [-0.4, -0.2) is 81.2 Å². The van der Waals surface area contributed by atoms with Crippen LogP contribution in [0.15, 0.2) is 84.9 Å². The van der Waals surface area contributed by atoms with Gasteiger partial charge in [-0.1, -0.05) is 85.4 Å². The molecule has 3 N–H and O–H groups in total. The monoisotopic (exact) mass is 916 g/mol. The van der Waals surface area contributed by atoms with E-state index in [1.165, 1.54) is 24.3 Å². The van der Waals surface area contributed by atoms with Gasteiger partial charge in [-0.2, -0.15) is 0 Å². The molecule has 4 aromatic carbocycles. The lowest BCUT2D eigenvalue weighted by Crippen LogP contribution is -2.26. The van der Waals surface area contributed by atoms with E-state index in [2.05, 4.69) is 0 Å². The molecule has 0 fully saturated rings. The van der Waals surface area contributed by atoms with Gasteiger partial charge in [-0.25, -0.2) is 17.2 Å². The Morgan fingerprint density at radius 3 is 1.42 bits per heavy atom. The number of halogens is 4. The number of hydrogen-bond donors (Lipinski definition) is 3. The molecule has 0 saturated carbocycles. The average Bonchev–Trinajstić information content (AvgIpc) is 3.20. The fourth-order valence-corrected chi connectivity index (χ4v) is 8.55. The summed E-state index contributed by atoms with van der Waals surface area (Å²) < 4.78 is 61.7. The number of aliphatic hydroxyl groups is 1. The summed E-state index contributed by atoms with van der Waals surface area (Å²) in [6.45, 7) is 5.92. The summed E-state index contributed by atoms with van der Waals surface area (Å²) in [6.07, 6.45) is 4.32. The van der Waals surface area contributed by atoms with Crippen molar-refractivity contribution in [1.29, 1.82) is 0 Å². The standard InChI is InChI=1S/C24H31BClFO5S.C22H27BClFO4/c1-4-32-24(28)20(11-12-33(3,30)31)14-18(16-25(2)29)13-17-5-7-19(8-6-17)22-15-21(26)9-10-23(22)27;1-3-29-22(27)18(14-26)11-16(13-23(2)28)10-15-4-6-17(7-5-15)20-12-19(24)8-9-21(20)25/h5-10,15,18,20,29H,4,11-14,16H2,1-3H3;4-9,12,16,18,26,28H,3,10-11,13-14H2,1-2H3/t18-,20-;16-,18+/m11/s1. The highest BCUT2D eigenvalue weighted by atomic mass is 35.5. The van der Waals surface area contributed by atoms with Crippen LogP contribution in [-0.2, 0) is 41.7 Å². The van der Waals surface area contributed by atoms with Crippen LogP contribution in [0.4, 0.5) is 8.78 Å². The van der Waals surface area contributed by atoms with Gasteiger partial charge in [0.1, 0.15) is 21.5 Å². The number of carbonyl (C=O) groups is 2. The molecule has 0 radical (unpaired) electrons. The van der Waals surface area contributed by atoms with Crippen LogP contribution in [0, 0.1) is 35.3 Å². The van der Waals surface area contributed by atoms with Gasteiger partial charge in [-0.05, 0) is 129 Å². The minimum absolute atomic E-state index is 0.00897. The largest absolute Gasteiger partial charge is 0.466 e. The first-order valence-corrected chi connectivity index (χ1v) is 23.7. The zero-order chi connectivity index (χ0) is 46.0. The van der Waals surface area contributed by atoms with Gasteiger partial charge >= 0.3 is 11.9 Å². The predicted molar refractivity (Wildman–Crippen MR) is 246 cm³/mol. The van der Waals surface area contributed by atoms with E-state index in [-0.39, 0.29) is 55.5 Å². The van der Waals surface area contributed by atoms with Crippen LogP contribution in [0.1, 0.15) is 44.2 Å². The lowest BCUT2D eigenvalue weighted by molar-refractivity contribution is -0.150. The number of esters is 2. The Balaban J connectivity index is 0.000000333. The zero-order valence-electron chi connectivity index (χ0n) is 36.0. The lowest BCUT2D eigenvalue weighted by atomic mass is 9.61. The molecular formula is C46H58B2Cl2F2O9S. The molecule has 0 aliphatic rings. The number of sulfone groups is 1. The van der Waals surface area contributed by atoms with Crippen LogP contribution < -0.4 is 0 Å². The smallest absolute Gasteiger partial charge is 0.311 e. The molecule has 0 spiro atoms. The Hall–Kier alpha value is -3.78. The van der Waals surface area contributed by atoms with Crippen molar-refractivity contribution in [2.24, 2.45) is 23.7 Å². The first-order valence-electron chi connectivity index (χ1n) is 20.9. The second-order valence-corrected chi connectivity index (χ2v) is 19.1. The fourth-order valence-electron chi connectivity index (χ4n) is 7.49. The third kappa shape index (κ3) is 18.5. The minimum atomic E-state index is -3.22. The van der Waals surface area contributed by atoms with E-state index in [1.807, 2.05) is 48.5 Å². The Morgan fingerprint density at radius 1 is 0.677 bits per heavy atom. The van der Waals surface area contributed by atoms with E-state index in [4.69, 9.17) is 32.7 Å². The molecule has 0 aliphatic carbocycles. The number of benzene rings is 4. The molecule has 0 amide bonds. The van der Waals surface area contributed by atoms with Gasteiger partial charge in [0.05, 0.1) is 37.4 Å². The first kappa shape index (κ1) is 52.6. The van der Waals surface area contributed by atoms with Crippen LogP contribution in [0.25, 0.3) is 22.3 Å². The van der Waals surface area contributed by atoms with Crippen LogP contribution in [0.2, 0.25) is 36.3 Å². The minimum Gasteiger partial charge on any atom is -0.466 e. The molecule has 62 heavy (non-hydrogen) atoms. The topological polar surface area (TPSA) is 147 Å². The summed E-state index contributed by atoms with van der Waals surface area (Å²) in [5.74, 6) is -2.88. The molecule has 0 unspecified atom stereocenters. The van der Waals surface area contributed by atoms with Gasteiger partial charge in [-0.3, -0.25) is 9.59 Å². The highest BCUT2D eigenvalue weighted by Gasteiger charge is 2.28. The number of ether oxygens (including phenoxy) is 2. The Bertz CT molecular complexity index is 2130. The predicted octanol–water partition coefficient (Wildman–Crippen LogP) is 9.40. The molecule has 0 heterocycles. The molecule has 0 aromatic heterocycles. The molecule has 4 aromatic rings. The molecule has 0 saturated heterocycles. The van der Waals surface area contributed by atoms with Crippen molar-refractivity contribution in [2.75, 3.05) is 31.8 Å². The van der Waals surface area contributed by atoms with Crippen molar-refractivity contribution in [1.82, 2.24) is 0 Å². The van der Waals surface area contributed by atoms with Gasteiger partial charge in [0.25, 0.3) is 13.8 Å². The molecule has 9 nitrogen and oxygen atoms in total. The molecule has 0 aliphatic heterocycles. The molecule has 336 valence electrons.